The first-order valence-electron chi connectivity index (χ1n) is 9.23. The van der Waals surface area contributed by atoms with Gasteiger partial charge in [0.25, 0.3) is 0 Å². The van der Waals surface area contributed by atoms with Crippen LogP contribution in [0.4, 0.5) is 0 Å². The molecule has 140 valence electrons. The minimum Gasteiger partial charge on any atom is -0.462 e. The molecule has 0 bridgehead atoms. The third-order valence-corrected chi connectivity index (χ3v) is 4.51. The number of esters is 1. The summed E-state index contributed by atoms with van der Waals surface area (Å²) in [5.74, 6) is -0.522. The molecule has 0 unspecified atom stereocenters. The normalized spacial score (nSPS) is 10.8. The molecule has 2 aromatic rings. The number of hydrogen-bond acceptors (Lipinski definition) is 3. The molecular formula is C21H26ClNO3. The summed E-state index contributed by atoms with van der Waals surface area (Å²) in [5, 5.41) is 0.609. The zero-order valence-corrected chi connectivity index (χ0v) is 16.4. The van der Waals surface area contributed by atoms with E-state index in [1.807, 2.05) is 43.5 Å². The second-order valence-electron chi connectivity index (χ2n) is 6.21. The van der Waals surface area contributed by atoms with Crippen molar-refractivity contribution in [2.45, 2.75) is 53.0 Å². The number of rotatable bonds is 8. The van der Waals surface area contributed by atoms with Crippen LogP contribution in [0.5, 0.6) is 0 Å². The van der Waals surface area contributed by atoms with Crippen LogP contribution in [0.1, 0.15) is 56.1 Å². The largest absolute Gasteiger partial charge is 0.462 e. The van der Waals surface area contributed by atoms with Crippen molar-refractivity contribution < 1.29 is 9.53 Å². The number of halogens is 1. The SMILES string of the molecule is CCCCOC(=O)c1c(CCC)n(CC)c(-c2cccc(Cl)c2)cc1=O. The van der Waals surface area contributed by atoms with Crippen LogP contribution in [-0.2, 0) is 17.7 Å². The van der Waals surface area contributed by atoms with Gasteiger partial charge in [-0.25, -0.2) is 4.79 Å². The van der Waals surface area contributed by atoms with Crippen LogP contribution in [0.2, 0.25) is 5.02 Å². The van der Waals surface area contributed by atoms with Gasteiger partial charge in [0.1, 0.15) is 5.56 Å². The summed E-state index contributed by atoms with van der Waals surface area (Å²) in [6.07, 6.45) is 3.18. The minimum atomic E-state index is -0.522. The van der Waals surface area contributed by atoms with E-state index in [9.17, 15) is 9.59 Å². The van der Waals surface area contributed by atoms with Gasteiger partial charge in [-0.3, -0.25) is 4.79 Å². The molecule has 0 saturated heterocycles. The third-order valence-electron chi connectivity index (χ3n) is 4.28. The summed E-state index contributed by atoms with van der Waals surface area (Å²) in [7, 11) is 0. The van der Waals surface area contributed by atoms with Gasteiger partial charge in [-0.1, -0.05) is 50.4 Å². The van der Waals surface area contributed by atoms with Crippen molar-refractivity contribution in [2.24, 2.45) is 0 Å². The van der Waals surface area contributed by atoms with E-state index in [2.05, 4.69) is 0 Å². The van der Waals surface area contributed by atoms with Gasteiger partial charge >= 0.3 is 5.97 Å². The summed E-state index contributed by atoms with van der Waals surface area (Å²) >= 11 is 6.12. The van der Waals surface area contributed by atoms with Gasteiger partial charge in [-0.2, -0.15) is 0 Å². The summed E-state index contributed by atoms with van der Waals surface area (Å²) in [6, 6.07) is 8.92. The Morgan fingerprint density at radius 2 is 1.92 bits per heavy atom. The minimum absolute atomic E-state index is 0.163. The standard InChI is InChI=1S/C21H26ClNO3/c1-4-7-12-26-21(25)20-17(9-5-2)23(6-3)18(14-19(20)24)15-10-8-11-16(22)13-15/h8,10-11,13-14H,4-7,9,12H2,1-3H3. The van der Waals surface area contributed by atoms with Crippen LogP contribution in [0.15, 0.2) is 35.1 Å². The summed E-state index contributed by atoms with van der Waals surface area (Å²) in [6.45, 7) is 7.04. The zero-order valence-electron chi connectivity index (χ0n) is 15.7. The summed E-state index contributed by atoms with van der Waals surface area (Å²) in [4.78, 5) is 25.3. The molecule has 0 atom stereocenters. The highest BCUT2D eigenvalue weighted by atomic mass is 35.5. The van der Waals surface area contributed by atoms with Crippen molar-refractivity contribution in [2.75, 3.05) is 6.61 Å². The molecular weight excluding hydrogens is 350 g/mol. The van der Waals surface area contributed by atoms with Crippen LogP contribution < -0.4 is 5.43 Å². The lowest BCUT2D eigenvalue weighted by Gasteiger charge is -2.20. The molecule has 4 nitrogen and oxygen atoms in total. The third kappa shape index (κ3) is 4.55. The Morgan fingerprint density at radius 3 is 2.54 bits per heavy atom. The lowest BCUT2D eigenvalue weighted by molar-refractivity contribution is 0.0495. The maximum atomic E-state index is 12.8. The molecule has 1 aromatic carbocycles. The van der Waals surface area contributed by atoms with E-state index in [0.29, 0.717) is 24.6 Å². The number of carbonyl (C=O) groups excluding carboxylic acids is 1. The molecule has 2 rings (SSSR count). The van der Waals surface area contributed by atoms with Crippen molar-refractivity contribution in [3.05, 3.63) is 56.8 Å². The first-order chi connectivity index (χ1) is 12.5. The summed E-state index contributed by atoms with van der Waals surface area (Å²) in [5.41, 5.74) is 2.23. The fourth-order valence-corrected chi connectivity index (χ4v) is 3.23. The van der Waals surface area contributed by atoms with Crippen molar-refractivity contribution in [1.29, 1.82) is 0 Å². The van der Waals surface area contributed by atoms with Crippen molar-refractivity contribution in [1.82, 2.24) is 4.57 Å². The molecule has 0 spiro atoms. The smallest absolute Gasteiger partial charge is 0.343 e. The van der Waals surface area contributed by atoms with Gasteiger partial charge in [-0.05, 0) is 37.5 Å². The average molecular weight is 376 g/mol. The number of ether oxygens (including phenoxy) is 1. The fourth-order valence-electron chi connectivity index (χ4n) is 3.04. The Labute approximate surface area is 159 Å². The van der Waals surface area contributed by atoms with Crippen LogP contribution in [0, 0.1) is 0 Å². The Kier molecular flexibility index (Phi) is 7.46. The number of carbonyl (C=O) groups is 1. The van der Waals surface area contributed by atoms with Gasteiger partial charge in [0.15, 0.2) is 5.43 Å². The van der Waals surface area contributed by atoms with E-state index in [4.69, 9.17) is 16.3 Å². The predicted octanol–water partition coefficient (Wildman–Crippen LogP) is 5.10. The lowest BCUT2D eigenvalue weighted by Crippen LogP contribution is -2.26. The highest BCUT2D eigenvalue weighted by Crippen LogP contribution is 2.25. The Balaban J connectivity index is 2.61. The van der Waals surface area contributed by atoms with Gasteiger partial charge < -0.3 is 9.30 Å². The molecule has 0 fully saturated rings. The maximum Gasteiger partial charge on any atom is 0.343 e. The van der Waals surface area contributed by atoms with E-state index in [1.165, 1.54) is 6.07 Å². The van der Waals surface area contributed by atoms with Crippen LogP contribution in [0.25, 0.3) is 11.3 Å². The highest BCUT2D eigenvalue weighted by Gasteiger charge is 2.22. The second-order valence-corrected chi connectivity index (χ2v) is 6.65. The predicted molar refractivity (Wildman–Crippen MR) is 106 cm³/mol. The Morgan fingerprint density at radius 1 is 1.15 bits per heavy atom. The number of hydrogen-bond donors (Lipinski definition) is 0. The topological polar surface area (TPSA) is 48.3 Å². The summed E-state index contributed by atoms with van der Waals surface area (Å²) < 4.78 is 7.35. The molecule has 0 amide bonds. The highest BCUT2D eigenvalue weighted by molar-refractivity contribution is 6.30. The molecule has 0 aliphatic rings. The van der Waals surface area contributed by atoms with E-state index >= 15 is 0 Å². The van der Waals surface area contributed by atoms with Crippen molar-refractivity contribution in [3.8, 4) is 11.3 Å². The molecule has 0 aliphatic heterocycles. The van der Waals surface area contributed by atoms with Crippen molar-refractivity contribution in [3.63, 3.8) is 0 Å². The number of benzene rings is 1. The van der Waals surface area contributed by atoms with Crippen molar-refractivity contribution >= 4 is 17.6 Å². The lowest BCUT2D eigenvalue weighted by atomic mass is 10.0. The molecule has 0 saturated carbocycles. The van der Waals surface area contributed by atoms with Gasteiger partial charge in [-0.15, -0.1) is 0 Å². The fraction of sp³-hybridized carbons (Fsp3) is 0.429. The first kappa shape index (κ1) is 20.2. The molecule has 0 aliphatic carbocycles. The maximum absolute atomic E-state index is 12.8. The zero-order chi connectivity index (χ0) is 19.1. The number of unbranched alkanes of at least 4 members (excludes halogenated alkanes) is 1. The Hall–Kier alpha value is -2.07. The number of nitrogens with zero attached hydrogens (tertiary/aromatic N) is 1. The molecule has 1 aromatic heterocycles. The number of aromatic nitrogens is 1. The molecule has 5 heteroatoms. The monoisotopic (exact) mass is 375 g/mol. The second kappa shape index (κ2) is 9.58. The molecule has 0 radical (unpaired) electrons. The number of pyridine rings is 1. The quantitative estimate of drug-likeness (QED) is 0.476. The first-order valence-corrected chi connectivity index (χ1v) is 9.61. The van der Waals surface area contributed by atoms with Crippen LogP contribution in [-0.4, -0.2) is 17.1 Å². The Bertz CT molecular complexity index is 826. The van der Waals surface area contributed by atoms with E-state index in [0.717, 1.165) is 36.2 Å². The van der Waals surface area contributed by atoms with Crippen LogP contribution >= 0.6 is 11.6 Å². The van der Waals surface area contributed by atoms with Gasteiger partial charge in [0.05, 0.1) is 12.3 Å². The van der Waals surface area contributed by atoms with Gasteiger partial charge in [0, 0.05) is 23.3 Å². The van der Waals surface area contributed by atoms with Gasteiger partial charge in [0.2, 0.25) is 0 Å². The van der Waals surface area contributed by atoms with E-state index in [1.54, 1.807) is 6.07 Å². The molecule has 1 heterocycles. The molecule has 0 N–H and O–H groups in total. The van der Waals surface area contributed by atoms with E-state index in [-0.39, 0.29) is 11.0 Å². The average Bonchev–Trinajstić information content (AvgIpc) is 2.61. The van der Waals surface area contributed by atoms with E-state index < -0.39 is 5.97 Å². The molecule has 26 heavy (non-hydrogen) atoms. The van der Waals surface area contributed by atoms with Crippen LogP contribution in [0.3, 0.4) is 0 Å².